The van der Waals surface area contributed by atoms with E-state index < -0.39 is 4.87 Å². The molecule has 42 valence electrons. The summed E-state index contributed by atoms with van der Waals surface area (Å²) < 4.78 is 0. The monoisotopic (exact) mass is 121 g/mol. The van der Waals surface area contributed by atoms with Gasteiger partial charge in [-0.25, -0.2) is 0 Å². The smallest absolute Gasteiger partial charge is 0.0773 e. The predicted molar refractivity (Wildman–Crippen MR) is 30.2 cm³/mol. The minimum Gasteiger partial charge on any atom is -0.411 e. The molecule has 0 aliphatic heterocycles. The zero-order valence-corrected chi connectivity index (χ0v) is 5.11. The number of rotatable bonds is 1. The van der Waals surface area contributed by atoms with Crippen molar-refractivity contribution in [3.63, 3.8) is 0 Å². The third kappa shape index (κ3) is 5.76. The maximum absolute atomic E-state index is 7.89. The van der Waals surface area contributed by atoms with Crippen molar-refractivity contribution in [2.75, 3.05) is 0 Å². The van der Waals surface area contributed by atoms with Crippen molar-refractivity contribution >= 4 is 17.8 Å². The van der Waals surface area contributed by atoms with E-state index in [-0.39, 0.29) is 0 Å². The van der Waals surface area contributed by atoms with Crippen LogP contribution in [0.1, 0.15) is 13.8 Å². The van der Waals surface area contributed by atoms with Gasteiger partial charge >= 0.3 is 0 Å². The first-order chi connectivity index (χ1) is 3.06. The fourth-order valence-corrected chi connectivity index (χ4v) is 0.181. The first-order valence-electron chi connectivity index (χ1n) is 1.94. The summed E-state index contributed by atoms with van der Waals surface area (Å²) in [6.07, 6.45) is 1.26. The van der Waals surface area contributed by atoms with E-state index in [2.05, 4.69) is 5.16 Å². The molecule has 0 radical (unpaired) electrons. The van der Waals surface area contributed by atoms with E-state index >= 15 is 0 Å². The fourth-order valence-electron chi connectivity index (χ4n) is 0.137. The van der Waals surface area contributed by atoms with Crippen molar-refractivity contribution in [1.29, 1.82) is 0 Å². The van der Waals surface area contributed by atoms with Crippen LogP contribution in [0.25, 0.3) is 0 Å². The second-order valence-corrected chi connectivity index (χ2v) is 2.78. The lowest BCUT2D eigenvalue weighted by Crippen LogP contribution is -2.10. The molecule has 0 aromatic carbocycles. The second kappa shape index (κ2) is 2.17. The molecule has 0 unspecified atom stereocenters. The van der Waals surface area contributed by atoms with Crippen molar-refractivity contribution < 1.29 is 5.21 Å². The third-order valence-corrected chi connectivity index (χ3v) is 0.462. The highest BCUT2D eigenvalue weighted by molar-refractivity contribution is 6.31. The van der Waals surface area contributed by atoms with Gasteiger partial charge in [-0.3, -0.25) is 0 Å². The molecule has 3 heteroatoms. The molecular formula is C4H8ClNO. The predicted octanol–water partition coefficient (Wildman–Crippen LogP) is 1.46. The lowest BCUT2D eigenvalue weighted by atomic mass is 10.2. The quantitative estimate of drug-likeness (QED) is 0.242. The summed E-state index contributed by atoms with van der Waals surface area (Å²) in [6, 6.07) is 0. The van der Waals surface area contributed by atoms with Crippen molar-refractivity contribution in [3.05, 3.63) is 0 Å². The van der Waals surface area contributed by atoms with E-state index in [1.807, 2.05) is 0 Å². The molecule has 1 N–H and O–H groups in total. The Morgan fingerprint density at radius 2 is 2.14 bits per heavy atom. The molecule has 0 saturated carbocycles. The molecule has 0 aliphatic carbocycles. The molecule has 0 fully saturated rings. The molecule has 0 heterocycles. The Bertz CT molecular complexity index is 74.2. The lowest BCUT2D eigenvalue weighted by molar-refractivity contribution is 0.319. The van der Waals surface area contributed by atoms with Crippen molar-refractivity contribution in [2.45, 2.75) is 18.7 Å². The molecule has 0 atom stereocenters. The Balaban J connectivity index is 3.56. The highest BCUT2D eigenvalue weighted by atomic mass is 35.5. The largest absolute Gasteiger partial charge is 0.411 e. The average molecular weight is 122 g/mol. The van der Waals surface area contributed by atoms with Gasteiger partial charge in [-0.2, -0.15) is 0 Å². The van der Waals surface area contributed by atoms with Crippen LogP contribution in [0.3, 0.4) is 0 Å². The topological polar surface area (TPSA) is 32.6 Å². The number of hydrogen-bond donors (Lipinski definition) is 1. The Morgan fingerprint density at radius 3 is 2.14 bits per heavy atom. The Labute approximate surface area is 47.8 Å². The van der Waals surface area contributed by atoms with Gasteiger partial charge in [0, 0.05) is 0 Å². The molecule has 0 aromatic rings. The summed E-state index contributed by atoms with van der Waals surface area (Å²) in [5, 5.41) is 10.6. The zero-order valence-electron chi connectivity index (χ0n) is 4.35. The van der Waals surface area contributed by atoms with Crippen LogP contribution >= 0.6 is 11.6 Å². The van der Waals surface area contributed by atoms with Crippen LogP contribution in [0, 0.1) is 0 Å². The molecule has 0 aliphatic rings. The molecule has 0 spiro atoms. The molecule has 2 nitrogen and oxygen atoms in total. The van der Waals surface area contributed by atoms with Gasteiger partial charge in [0.15, 0.2) is 0 Å². The summed E-state index contributed by atoms with van der Waals surface area (Å²) in [4.78, 5) is -0.519. The van der Waals surface area contributed by atoms with Gasteiger partial charge in [0.25, 0.3) is 0 Å². The van der Waals surface area contributed by atoms with Gasteiger partial charge in [0.05, 0.1) is 11.1 Å². The normalized spacial score (nSPS) is 13.0. The van der Waals surface area contributed by atoms with Crippen LogP contribution in [0.15, 0.2) is 5.16 Å². The number of hydrogen-bond acceptors (Lipinski definition) is 2. The van der Waals surface area contributed by atoms with E-state index in [1.165, 1.54) is 6.21 Å². The maximum atomic E-state index is 7.89. The van der Waals surface area contributed by atoms with E-state index in [9.17, 15) is 0 Å². The van der Waals surface area contributed by atoms with Crippen LogP contribution in [0.5, 0.6) is 0 Å². The summed E-state index contributed by atoms with van der Waals surface area (Å²) in [7, 11) is 0. The summed E-state index contributed by atoms with van der Waals surface area (Å²) in [5.41, 5.74) is 0. The zero-order chi connectivity index (χ0) is 5.91. The Hall–Kier alpha value is -0.240. The van der Waals surface area contributed by atoms with E-state index in [0.717, 1.165) is 0 Å². The number of alkyl halides is 1. The number of nitrogens with zero attached hydrogens (tertiary/aromatic N) is 1. The third-order valence-electron chi connectivity index (χ3n) is 0.365. The van der Waals surface area contributed by atoms with Crippen LogP contribution in [0.4, 0.5) is 0 Å². The maximum Gasteiger partial charge on any atom is 0.0773 e. The SMILES string of the molecule is CC(C)(Cl)/C=N/O. The van der Waals surface area contributed by atoms with E-state index in [4.69, 9.17) is 16.8 Å². The first kappa shape index (κ1) is 6.76. The molecule has 0 rings (SSSR count). The Morgan fingerprint density at radius 1 is 1.71 bits per heavy atom. The second-order valence-electron chi connectivity index (χ2n) is 1.81. The van der Waals surface area contributed by atoms with Gasteiger partial charge < -0.3 is 5.21 Å². The molecular weight excluding hydrogens is 114 g/mol. The average Bonchev–Trinajstić information content (AvgIpc) is 1.30. The van der Waals surface area contributed by atoms with Crippen LogP contribution in [-0.4, -0.2) is 16.3 Å². The standard InChI is InChI=1S/C4H8ClNO/c1-4(2,5)3-6-7/h3,7H,1-2H3/b6-3+. The minimum atomic E-state index is -0.519. The lowest BCUT2D eigenvalue weighted by Gasteiger charge is -2.03. The van der Waals surface area contributed by atoms with Gasteiger partial charge in [0.1, 0.15) is 0 Å². The molecule has 0 amide bonds. The first-order valence-corrected chi connectivity index (χ1v) is 2.31. The molecule has 0 bridgehead atoms. The molecule has 0 aromatic heterocycles. The van der Waals surface area contributed by atoms with Gasteiger partial charge in [-0.05, 0) is 13.8 Å². The van der Waals surface area contributed by atoms with Crippen molar-refractivity contribution in [1.82, 2.24) is 0 Å². The number of oxime groups is 1. The number of halogens is 1. The van der Waals surface area contributed by atoms with Crippen LogP contribution in [-0.2, 0) is 0 Å². The van der Waals surface area contributed by atoms with E-state index in [0.29, 0.717) is 0 Å². The Kier molecular flexibility index (Phi) is 2.09. The molecule has 7 heavy (non-hydrogen) atoms. The summed E-state index contributed by atoms with van der Waals surface area (Å²) in [6.45, 7) is 3.46. The van der Waals surface area contributed by atoms with Gasteiger partial charge in [-0.15, -0.1) is 16.8 Å². The fraction of sp³-hybridized carbons (Fsp3) is 0.750. The summed E-state index contributed by atoms with van der Waals surface area (Å²) >= 11 is 5.52. The van der Waals surface area contributed by atoms with Crippen LogP contribution < -0.4 is 0 Å². The minimum absolute atomic E-state index is 0.519. The highest BCUT2D eigenvalue weighted by Gasteiger charge is 2.07. The summed E-state index contributed by atoms with van der Waals surface area (Å²) in [5.74, 6) is 0. The highest BCUT2D eigenvalue weighted by Crippen LogP contribution is 2.07. The van der Waals surface area contributed by atoms with E-state index in [1.54, 1.807) is 13.8 Å². The van der Waals surface area contributed by atoms with Crippen molar-refractivity contribution in [3.8, 4) is 0 Å². The van der Waals surface area contributed by atoms with Crippen LogP contribution in [0.2, 0.25) is 0 Å². The van der Waals surface area contributed by atoms with Crippen molar-refractivity contribution in [2.24, 2.45) is 5.16 Å². The van der Waals surface area contributed by atoms with Gasteiger partial charge in [-0.1, -0.05) is 0 Å². The van der Waals surface area contributed by atoms with Gasteiger partial charge in [0.2, 0.25) is 0 Å². The molecule has 0 saturated heterocycles.